The monoisotopic (exact) mass is 223 g/mol. The van der Waals surface area contributed by atoms with Crippen molar-refractivity contribution in [2.24, 2.45) is 0 Å². The second-order valence-electron chi connectivity index (χ2n) is 3.88. The molecular formula is C13H21NO2. The molecule has 0 bridgehead atoms. The number of unbranched alkanes of at least 4 members (excludes halogenated alkanes) is 2. The van der Waals surface area contributed by atoms with Crippen LogP contribution in [0.3, 0.4) is 0 Å². The van der Waals surface area contributed by atoms with E-state index in [4.69, 9.17) is 4.74 Å². The third kappa shape index (κ3) is 4.11. The van der Waals surface area contributed by atoms with E-state index in [2.05, 4.69) is 12.2 Å². The van der Waals surface area contributed by atoms with Gasteiger partial charge in [-0.15, -0.1) is 0 Å². The molecule has 0 heterocycles. The predicted octanol–water partition coefficient (Wildman–Crippen LogP) is 2.68. The van der Waals surface area contributed by atoms with Crippen LogP contribution in [0, 0.1) is 0 Å². The van der Waals surface area contributed by atoms with E-state index in [1.165, 1.54) is 19.3 Å². The summed E-state index contributed by atoms with van der Waals surface area (Å²) in [4.78, 5) is 0. The summed E-state index contributed by atoms with van der Waals surface area (Å²) in [5.41, 5.74) is 0.885. The van der Waals surface area contributed by atoms with Gasteiger partial charge < -0.3 is 15.2 Å². The van der Waals surface area contributed by atoms with Crippen molar-refractivity contribution in [3.8, 4) is 11.5 Å². The Bertz CT molecular complexity index is 313. The summed E-state index contributed by atoms with van der Waals surface area (Å²) in [7, 11) is 1.63. The van der Waals surface area contributed by atoms with Crippen molar-refractivity contribution in [3.05, 3.63) is 23.8 Å². The summed E-state index contributed by atoms with van der Waals surface area (Å²) in [6.45, 7) is 3.87. The Morgan fingerprint density at radius 3 is 2.81 bits per heavy atom. The molecule has 0 saturated heterocycles. The van der Waals surface area contributed by atoms with Crippen LogP contribution in [0.15, 0.2) is 18.2 Å². The lowest BCUT2D eigenvalue weighted by molar-refractivity contribution is 0.410. The molecule has 0 saturated carbocycles. The summed E-state index contributed by atoms with van der Waals surface area (Å²) < 4.78 is 5.12. The van der Waals surface area contributed by atoms with Crippen molar-refractivity contribution < 1.29 is 9.84 Å². The van der Waals surface area contributed by atoms with Crippen molar-refractivity contribution in [1.29, 1.82) is 0 Å². The second kappa shape index (κ2) is 7.12. The number of aromatic hydroxyl groups is 1. The number of methoxy groups -OCH3 is 1. The minimum atomic E-state index is 0.323. The normalized spacial score (nSPS) is 10.4. The molecule has 1 aromatic carbocycles. The lowest BCUT2D eigenvalue weighted by Crippen LogP contribution is -2.14. The minimum absolute atomic E-state index is 0.323. The fourth-order valence-corrected chi connectivity index (χ4v) is 1.55. The fraction of sp³-hybridized carbons (Fsp3) is 0.538. The van der Waals surface area contributed by atoms with Crippen LogP contribution in [0.2, 0.25) is 0 Å². The summed E-state index contributed by atoms with van der Waals surface area (Å²) in [5.74, 6) is 1.10. The number of nitrogens with one attached hydrogen (secondary N) is 1. The number of hydrogen-bond acceptors (Lipinski definition) is 3. The van der Waals surface area contributed by atoms with Gasteiger partial charge in [0.05, 0.1) is 7.11 Å². The first-order valence-electron chi connectivity index (χ1n) is 5.84. The minimum Gasteiger partial charge on any atom is -0.508 e. The van der Waals surface area contributed by atoms with Crippen LogP contribution in [0.5, 0.6) is 11.5 Å². The Morgan fingerprint density at radius 1 is 1.31 bits per heavy atom. The molecule has 0 aliphatic rings. The second-order valence-corrected chi connectivity index (χ2v) is 3.88. The number of phenolic OH excluding ortho intramolecular Hbond substituents is 1. The lowest BCUT2D eigenvalue weighted by atomic mass is 10.2. The highest BCUT2D eigenvalue weighted by molar-refractivity contribution is 5.39. The van der Waals surface area contributed by atoms with Gasteiger partial charge in [0.15, 0.2) is 0 Å². The van der Waals surface area contributed by atoms with Crippen molar-refractivity contribution in [3.63, 3.8) is 0 Å². The quantitative estimate of drug-likeness (QED) is 0.698. The molecule has 0 fully saturated rings. The molecule has 16 heavy (non-hydrogen) atoms. The van der Waals surface area contributed by atoms with Crippen molar-refractivity contribution >= 4 is 0 Å². The van der Waals surface area contributed by atoms with Crippen molar-refractivity contribution in [1.82, 2.24) is 5.32 Å². The van der Waals surface area contributed by atoms with Gasteiger partial charge in [-0.1, -0.05) is 19.8 Å². The van der Waals surface area contributed by atoms with Crippen LogP contribution >= 0.6 is 0 Å². The van der Waals surface area contributed by atoms with Crippen molar-refractivity contribution in [2.75, 3.05) is 13.7 Å². The Kier molecular flexibility index (Phi) is 5.72. The van der Waals surface area contributed by atoms with E-state index < -0.39 is 0 Å². The Balaban J connectivity index is 2.40. The molecule has 0 amide bonds. The molecule has 0 spiro atoms. The maximum atomic E-state index is 9.64. The Morgan fingerprint density at radius 2 is 2.12 bits per heavy atom. The van der Waals surface area contributed by atoms with Gasteiger partial charge in [0.25, 0.3) is 0 Å². The van der Waals surface area contributed by atoms with Crippen LogP contribution in [-0.4, -0.2) is 18.8 Å². The zero-order valence-electron chi connectivity index (χ0n) is 10.1. The zero-order valence-corrected chi connectivity index (χ0v) is 10.1. The average molecular weight is 223 g/mol. The lowest BCUT2D eigenvalue weighted by Gasteiger charge is -2.08. The average Bonchev–Trinajstić information content (AvgIpc) is 2.31. The molecular weight excluding hydrogens is 202 g/mol. The van der Waals surface area contributed by atoms with Crippen LogP contribution in [0.25, 0.3) is 0 Å². The maximum Gasteiger partial charge on any atom is 0.120 e. The fourth-order valence-electron chi connectivity index (χ4n) is 1.55. The van der Waals surface area contributed by atoms with Gasteiger partial charge in [0, 0.05) is 12.1 Å². The highest BCUT2D eigenvalue weighted by Gasteiger charge is 2.02. The van der Waals surface area contributed by atoms with Gasteiger partial charge >= 0.3 is 0 Å². The number of rotatable bonds is 7. The van der Waals surface area contributed by atoms with E-state index in [1.807, 2.05) is 6.07 Å². The topological polar surface area (TPSA) is 41.5 Å². The highest BCUT2D eigenvalue weighted by Crippen LogP contribution is 2.22. The zero-order chi connectivity index (χ0) is 11.8. The Hall–Kier alpha value is -1.22. The SMILES string of the molecule is CCCCCNCc1cc(OC)ccc1O. The first-order valence-corrected chi connectivity index (χ1v) is 5.84. The van der Waals surface area contributed by atoms with Crippen molar-refractivity contribution in [2.45, 2.75) is 32.7 Å². The molecule has 1 rings (SSSR count). The van der Waals surface area contributed by atoms with Gasteiger partial charge in [0.1, 0.15) is 11.5 Å². The third-order valence-corrected chi connectivity index (χ3v) is 2.56. The smallest absolute Gasteiger partial charge is 0.120 e. The van der Waals surface area contributed by atoms with E-state index in [1.54, 1.807) is 19.2 Å². The molecule has 2 N–H and O–H groups in total. The Labute approximate surface area is 97.4 Å². The van der Waals surface area contributed by atoms with Gasteiger partial charge in [-0.2, -0.15) is 0 Å². The number of hydrogen-bond donors (Lipinski definition) is 2. The van der Waals surface area contributed by atoms with E-state index in [0.717, 1.165) is 17.9 Å². The standard InChI is InChI=1S/C13H21NO2/c1-3-4-5-8-14-10-11-9-12(16-2)6-7-13(11)15/h6-7,9,14-15H,3-5,8,10H2,1-2H3. The number of benzene rings is 1. The van der Waals surface area contributed by atoms with E-state index in [9.17, 15) is 5.11 Å². The third-order valence-electron chi connectivity index (χ3n) is 2.56. The van der Waals surface area contributed by atoms with E-state index in [0.29, 0.717) is 12.3 Å². The number of phenols is 1. The summed E-state index contributed by atoms with van der Waals surface area (Å²) in [6, 6.07) is 5.29. The number of ether oxygens (including phenoxy) is 1. The molecule has 1 aromatic rings. The van der Waals surface area contributed by atoms with Crippen LogP contribution in [-0.2, 0) is 6.54 Å². The summed E-state index contributed by atoms with van der Waals surface area (Å²) >= 11 is 0. The summed E-state index contributed by atoms with van der Waals surface area (Å²) in [5, 5.41) is 13.0. The maximum absolute atomic E-state index is 9.64. The first kappa shape index (κ1) is 12.8. The van der Waals surface area contributed by atoms with Crippen LogP contribution in [0.4, 0.5) is 0 Å². The van der Waals surface area contributed by atoms with E-state index in [-0.39, 0.29) is 0 Å². The van der Waals surface area contributed by atoms with Crippen LogP contribution in [0.1, 0.15) is 31.7 Å². The largest absolute Gasteiger partial charge is 0.508 e. The van der Waals surface area contributed by atoms with Gasteiger partial charge in [0.2, 0.25) is 0 Å². The molecule has 0 aliphatic carbocycles. The summed E-state index contributed by atoms with van der Waals surface area (Å²) in [6.07, 6.45) is 3.66. The van der Waals surface area contributed by atoms with E-state index >= 15 is 0 Å². The molecule has 90 valence electrons. The molecule has 0 unspecified atom stereocenters. The van der Waals surface area contributed by atoms with Gasteiger partial charge in [-0.25, -0.2) is 0 Å². The molecule has 0 radical (unpaired) electrons. The molecule has 0 aromatic heterocycles. The predicted molar refractivity (Wildman–Crippen MR) is 65.9 cm³/mol. The molecule has 0 aliphatic heterocycles. The highest BCUT2D eigenvalue weighted by atomic mass is 16.5. The molecule has 3 nitrogen and oxygen atoms in total. The first-order chi connectivity index (χ1) is 7.77. The van der Waals surface area contributed by atoms with Gasteiger partial charge in [-0.05, 0) is 31.2 Å². The molecule has 0 atom stereocenters. The molecule has 3 heteroatoms. The van der Waals surface area contributed by atoms with Gasteiger partial charge in [-0.3, -0.25) is 0 Å². The van der Waals surface area contributed by atoms with Crippen LogP contribution < -0.4 is 10.1 Å².